The first-order chi connectivity index (χ1) is 9.17. The molecule has 0 saturated carbocycles. The molecule has 0 atom stereocenters. The van der Waals surface area contributed by atoms with Gasteiger partial charge in [0.2, 0.25) is 0 Å². The topological polar surface area (TPSA) is 65.9 Å². The molecular weight excluding hydrogens is 236 g/mol. The van der Waals surface area contributed by atoms with Crippen LogP contribution in [0.3, 0.4) is 0 Å². The van der Waals surface area contributed by atoms with Crippen LogP contribution in [0, 0.1) is 11.3 Å². The first-order valence-corrected chi connectivity index (χ1v) is 6.05. The summed E-state index contributed by atoms with van der Waals surface area (Å²) in [5.74, 6) is 0. The molecule has 4 nitrogen and oxygen atoms in total. The van der Waals surface area contributed by atoms with Gasteiger partial charge in [0.1, 0.15) is 11.8 Å². The van der Waals surface area contributed by atoms with Crippen LogP contribution in [0.25, 0.3) is 0 Å². The van der Waals surface area contributed by atoms with Gasteiger partial charge < -0.3 is 5.73 Å². The largest absolute Gasteiger partial charge is 0.399 e. The summed E-state index contributed by atoms with van der Waals surface area (Å²) in [6, 6.07) is 13.7. The number of benzene rings is 1. The number of hydrogen-bond donors (Lipinski definition) is 1. The first-order valence-electron chi connectivity index (χ1n) is 6.05. The maximum absolute atomic E-state index is 8.82. The molecule has 2 rings (SSSR count). The van der Waals surface area contributed by atoms with Crippen LogP contribution >= 0.6 is 0 Å². The summed E-state index contributed by atoms with van der Waals surface area (Å²) < 4.78 is 0. The van der Waals surface area contributed by atoms with Gasteiger partial charge in [-0.1, -0.05) is 12.1 Å². The third-order valence-corrected chi connectivity index (χ3v) is 2.79. The predicted molar refractivity (Wildman–Crippen MR) is 75.0 cm³/mol. The van der Waals surface area contributed by atoms with E-state index in [1.54, 1.807) is 6.20 Å². The summed E-state index contributed by atoms with van der Waals surface area (Å²) in [4.78, 5) is 6.14. The van der Waals surface area contributed by atoms with Gasteiger partial charge in [-0.2, -0.15) is 5.26 Å². The van der Waals surface area contributed by atoms with E-state index in [1.807, 2.05) is 37.4 Å². The Morgan fingerprint density at radius 2 is 1.95 bits per heavy atom. The molecule has 0 fully saturated rings. The summed E-state index contributed by atoms with van der Waals surface area (Å²) in [5.41, 5.74) is 9.25. The zero-order valence-corrected chi connectivity index (χ0v) is 10.9. The van der Waals surface area contributed by atoms with Gasteiger partial charge in [-0.05, 0) is 42.4 Å². The van der Waals surface area contributed by atoms with Crippen LogP contribution in [0.2, 0.25) is 0 Å². The third kappa shape index (κ3) is 3.80. The smallest absolute Gasteiger partial charge is 0.140 e. The Kier molecular flexibility index (Phi) is 4.11. The number of nitrogens with zero attached hydrogens (tertiary/aromatic N) is 3. The lowest BCUT2D eigenvalue weighted by Crippen LogP contribution is -2.17. The van der Waals surface area contributed by atoms with E-state index in [0.29, 0.717) is 5.69 Å². The van der Waals surface area contributed by atoms with E-state index in [0.717, 1.165) is 24.3 Å². The number of rotatable bonds is 4. The number of anilines is 1. The molecule has 0 aliphatic carbocycles. The van der Waals surface area contributed by atoms with Gasteiger partial charge in [-0.25, -0.2) is 4.98 Å². The number of hydrogen-bond acceptors (Lipinski definition) is 4. The Hall–Kier alpha value is -2.38. The van der Waals surface area contributed by atoms with Gasteiger partial charge in [-0.3, -0.25) is 4.90 Å². The van der Waals surface area contributed by atoms with Crippen molar-refractivity contribution in [3.05, 3.63) is 59.4 Å². The second kappa shape index (κ2) is 5.98. The molecule has 0 bridgehead atoms. The number of nitrogens with two attached hydrogens (primary N) is 1. The van der Waals surface area contributed by atoms with Crippen molar-refractivity contribution >= 4 is 5.69 Å². The average Bonchev–Trinajstić information content (AvgIpc) is 2.38. The van der Waals surface area contributed by atoms with E-state index in [4.69, 9.17) is 11.0 Å². The minimum Gasteiger partial charge on any atom is -0.399 e. The number of aromatic nitrogens is 1. The van der Waals surface area contributed by atoms with Crippen LogP contribution in [0.15, 0.2) is 42.6 Å². The first kappa shape index (κ1) is 13.1. The van der Waals surface area contributed by atoms with E-state index in [9.17, 15) is 0 Å². The normalized spacial score (nSPS) is 10.4. The van der Waals surface area contributed by atoms with Crippen molar-refractivity contribution in [2.75, 3.05) is 12.8 Å². The molecular formula is C15H16N4. The minimum absolute atomic E-state index is 0.454. The van der Waals surface area contributed by atoms with Gasteiger partial charge in [0.15, 0.2) is 0 Å². The fourth-order valence-corrected chi connectivity index (χ4v) is 2.00. The summed E-state index contributed by atoms with van der Waals surface area (Å²) in [7, 11) is 2.04. The highest BCUT2D eigenvalue weighted by Crippen LogP contribution is 2.11. The number of pyridine rings is 1. The summed E-state index contributed by atoms with van der Waals surface area (Å²) in [6.07, 6.45) is 1.67. The van der Waals surface area contributed by atoms with Crippen LogP contribution in [0.5, 0.6) is 0 Å². The molecule has 4 heteroatoms. The van der Waals surface area contributed by atoms with Gasteiger partial charge in [0.25, 0.3) is 0 Å². The van der Waals surface area contributed by atoms with Gasteiger partial charge in [-0.15, -0.1) is 0 Å². The molecule has 0 aliphatic rings. The predicted octanol–water partition coefficient (Wildman–Crippen LogP) is 2.17. The maximum Gasteiger partial charge on any atom is 0.140 e. The van der Waals surface area contributed by atoms with Crippen molar-refractivity contribution in [3.63, 3.8) is 0 Å². The summed E-state index contributed by atoms with van der Waals surface area (Å²) in [6.45, 7) is 1.58. The van der Waals surface area contributed by atoms with E-state index in [-0.39, 0.29) is 0 Å². The monoisotopic (exact) mass is 252 g/mol. The zero-order chi connectivity index (χ0) is 13.7. The molecule has 1 heterocycles. The number of nitriles is 1. The Labute approximate surface area is 113 Å². The van der Waals surface area contributed by atoms with E-state index >= 15 is 0 Å². The van der Waals surface area contributed by atoms with Crippen LogP contribution < -0.4 is 5.73 Å². The average molecular weight is 252 g/mol. The Morgan fingerprint density at radius 1 is 1.21 bits per heavy atom. The highest BCUT2D eigenvalue weighted by atomic mass is 15.1. The van der Waals surface area contributed by atoms with Crippen molar-refractivity contribution in [3.8, 4) is 6.07 Å². The molecule has 0 amide bonds. The van der Waals surface area contributed by atoms with Crippen LogP contribution in [0.4, 0.5) is 5.69 Å². The molecule has 2 N–H and O–H groups in total. The molecule has 0 spiro atoms. The van der Waals surface area contributed by atoms with Crippen LogP contribution in [0.1, 0.15) is 16.8 Å². The molecule has 0 radical (unpaired) electrons. The Morgan fingerprint density at radius 3 is 2.63 bits per heavy atom. The summed E-state index contributed by atoms with van der Waals surface area (Å²) in [5, 5.41) is 8.82. The van der Waals surface area contributed by atoms with Gasteiger partial charge in [0, 0.05) is 25.0 Å². The lowest BCUT2D eigenvalue weighted by Gasteiger charge is -2.17. The lowest BCUT2D eigenvalue weighted by atomic mass is 10.1. The fourth-order valence-electron chi connectivity index (χ4n) is 2.00. The molecule has 0 aliphatic heterocycles. The van der Waals surface area contributed by atoms with Crippen molar-refractivity contribution in [1.29, 1.82) is 5.26 Å². The van der Waals surface area contributed by atoms with E-state index in [1.165, 1.54) is 5.56 Å². The second-order valence-corrected chi connectivity index (χ2v) is 4.58. The van der Waals surface area contributed by atoms with Crippen molar-refractivity contribution in [2.45, 2.75) is 13.1 Å². The Bertz CT molecular complexity index is 601. The lowest BCUT2D eigenvalue weighted by molar-refractivity contribution is 0.319. The minimum atomic E-state index is 0.454. The highest BCUT2D eigenvalue weighted by Gasteiger charge is 2.03. The maximum atomic E-state index is 8.82. The fraction of sp³-hybridized carbons (Fsp3) is 0.200. The van der Waals surface area contributed by atoms with Crippen LogP contribution in [-0.4, -0.2) is 16.9 Å². The van der Waals surface area contributed by atoms with E-state index < -0.39 is 0 Å². The van der Waals surface area contributed by atoms with Crippen molar-refractivity contribution in [2.24, 2.45) is 0 Å². The molecule has 19 heavy (non-hydrogen) atoms. The molecule has 2 aromatic rings. The molecule has 96 valence electrons. The van der Waals surface area contributed by atoms with Gasteiger partial charge >= 0.3 is 0 Å². The van der Waals surface area contributed by atoms with E-state index in [2.05, 4.69) is 22.0 Å². The zero-order valence-electron chi connectivity index (χ0n) is 10.9. The highest BCUT2D eigenvalue weighted by molar-refractivity contribution is 5.40. The quantitative estimate of drug-likeness (QED) is 0.847. The van der Waals surface area contributed by atoms with Crippen molar-refractivity contribution in [1.82, 2.24) is 9.88 Å². The second-order valence-electron chi connectivity index (χ2n) is 4.58. The molecule has 1 aromatic heterocycles. The Balaban J connectivity index is 2.01. The third-order valence-electron chi connectivity index (χ3n) is 2.79. The van der Waals surface area contributed by atoms with Crippen LogP contribution in [-0.2, 0) is 13.1 Å². The van der Waals surface area contributed by atoms with Gasteiger partial charge in [0.05, 0.1) is 0 Å². The number of nitrogen functional groups attached to an aromatic ring is 1. The molecule has 0 saturated heterocycles. The molecule has 1 aromatic carbocycles. The molecule has 0 unspecified atom stereocenters. The summed E-state index contributed by atoms with van der Waals surface area (Å²) >= 11 is 0. The SMILES string of the molecule is CN(Cc1cccc(N)c1)Cc1ccnc(C#N)c1. The standard InChI is InChI=1S/C15H16N4/c1-19(10-12-3-2-4-14(17)7-12)11-13-5-6-18-15(8-13)9-16/h2-8H,10-11,17H2,1H3. The van der Waals surface area contributed by atoms with Crippen molar-refractivity contribution < 1.29 is 0 Å².